The van der Waals surface area contributed by atoms with E-state index < -0.39 is 0 Å². The van der Waals surface area contributed by atoms with E-state index in [0.29, 0.717) is 12.1 Å². The molecule has 2 rings (SSSR count). The van der Waals surface area contributed by atoms with Crippen molar-refractivity contribution >= 4 is 0 Å². The number of nitrogens with one attached hydrogen (secondary N) is 1. The maximum absolute atomic E-state index is 4.16. The van der Waals surface area contributed by atoms with E-state index in [4.69, 9.17) is 0 Å². The molecule has 1 N–H and O–H groups in total. The summed E-state index contributed by atoms with van der Waals surface area (Å²) < 4.78 is 2.20. The van der Waals surface area contributed by atoms with Gasteiger partial charge in [0.2, 0.25) is 0 Å². The van der Waals surface area contributed by atoms with Crippen molar-refractivity contribution in [1.29, 1.82) is 0 Å². The molecule has 20 heavy (non-hydrogen) atoms. The Bertz CT molecular complexity index is 369. The van der Waals surface area contributed by atoms with Crippen LogP contribution in [0.15, 0.2) is 18.7 Å². The summed E-state index contributed by atoms with van der Waals surface area (Å²) in [6, 6.07) is 1.20. The highest BCUT2D eigenvalue weighted by Gasteiger charge is 2.29. The second kappa shape index (κ2) is 6.75. The van der Waals surface area contributed by atoms with Crippen LogP contribution in [0.25, 0.3) is 0 Å². The molecule has 1 aromatic heterocycles. The molecule has 0 spiro atoms. The Balaban J connectivity index is 1.91. The lowest BCUT2D eigenvalue weighted by atomic mass is 9.81. The average Bonchev–Trinajstić information content (AvgIpc) is 2.91. The van der Waals surface area contributed by atoms with Crippen molar-refractivity contribution in [2.45, 2.75) is 78.4 Å². The molecule has 1 fully saturated rings. The van der Waals surface area contributed by atoms with Gasteiger partial charge in [-0.3, -0.25) is 0 Å². The summed E-state index contributed by atoms with van der Waals surface area (Å²) in [6.45, 7) is 10.3. The van der Waals surface area contributed by atoms with Gasteiger partial charge in [0, 0.05) is 31.0 Å². The molecule has 1 saturated carbocycles. The number of rotatable bonds is 5. The van der Waals surface area contributed by atoms with Gasteiger partial charge >= 0.3 is 0 Å². The van der Waals surface area contributed by atoms with Crippen LogP contribution in [-0.2, 0) is 6.54 Å². The molecule has 114 valence electrons. The van der Waals surface area contributed by atoms with Gasteiger partial charge in [-0.1, -0.05) is 34.1 Å². The summed E-state index contributed by atoms with van der Waals surface area (Å²) in [7, 11) is 0. The first-order valence-corrected chi connectivity index (χ1v) is 8.20. The molecule has 1 heterocycles. The first-order valence-electron chi connectivity index (χ1n) is 8.20. The lowest BCUT2D eigenvalue weighted by Crippen LogP contribution is -2.49. The maximum atomic E-state index is 4.16. The first-order chi connectivity index (χ1) is 9.49. The number of nitrogens with zero attached hydrogens (tertiary/aromatic N) is 2. The molecule has 0 aliphatic heterocycles. The van der Waals surface area contributed by atoms with Gasteiger partial charge < -0.3 is 9.88 Å². The average molecular weight is 277 g/mol. The fourth-order valence-corrected chi connectivity index (χ4v) is 3.20. The molecule has 0 bridgehead atoms. The van der Waals surface area contributed by atoms with E-state index >= 15 is 0 Å². The second-order valence-electron chi connectivity index (χ2n) is 7.47. The summed E-state index contributed by atoms with van der Waals surface area (Å²) in [6.07, 6.45) is 12.7. The van der Waals surface area contributed by atoms with E-state index in [9.17, 15) is 0 Å². The van der Waals surface area contributed by atoms with Crippen molar-refractivity contribution in [3.63, 3.8) is 0 Å². The molecule has 3 nitrogen and oxygen atoms in total. The Hall–Kier alpha value is -0.830. The van der Waals surface area contributed by atoms with E-state index in [2.05, 4.69) is 48.8 Å². The predicted molar refractivity (Wildman–Crippen MR) is 84.6 cm³/mol. The Kier molecular flexibility index (Phi) is 5.25. The van der Waals surface area contributed by atoms with Crippen LogP contribution < -0.4 is 5.32 Å². The van der Waals surface area contributed by atoms with Crippen LogP contribution in [0.1, 0.15) is 59.8 Å². The Morgan fingerprint density at radius 3 is 2.45 bits per heavy atom. The van der Waals surface area contributed by atoms with E-state index in [-0.39, 0.29) is 5.41 Å². The van der Waals surface area contributed by atoms with Gasteiger partial charge in [-0.25, -0.2) is 4.98 Å². The highest BCUT2D eigenvalue weighted by atomic mass is 15.1. The van der Waals surface area contributed by atoms with Crippen molar-refractivity contribution in [2.75, 3.05) is 0 Å². The van der Waals surface area contributed by atoms with Crippen LogP contribution in [0.2, 0.25) is 0 Å². The molecule has 1 atom stereocenters. The molecular formula is C17H31N3. The van der Waals surface area contributed by atoms with Crippen LogP contribution in [-0.4, -0.2) is 21.6 Å². The van der Waals surface area contributed by atoms with Gasteiger partial charge in [0.15, 0.2) is 0 Å². The van der Waals surface area contributed by atoms with Crippen LogP contribution in [0.3, 0.4) is 0 Å². The molecule has 1 unspecified atom stereocenters. The highest BCUT2D eigenvalue weighted by Crippen LogP contribution is 2.29. The van der Waals surface area contributed by atoms with Gasteiger partial charge in [0.1, 0.15) is 0 Å². The Morgan fingerprint density at radius 1 is 1.25 bits per heavy atom. The minimum atomic E-state index is 0.270. The van der Waals surface area contributed by atoms with E-state index in [1.807, 2.05) is 12.5 Å². The van der Waals surface area contributed by atoms with E-state index in [1.54, 1.807) is 0 Å². The minimum Gasteiger partial charge on any atom is -0.336 e. The van der Waals surface area contributed by atoms with Crippen molar-refractivity contribution in [1.82, 2.24) is 14.9 Å². The summed E-state index contributed by atoms with van der Waals surface area (Å²) >= 11 is 0. The molecule has 0 aromatic carbocycles. The van der Waals surface area contributed by atoms with Gasteiger partial charge in [0.05, 0.1) is 6.33 Å². The Morgan fingerprint density at radius 2 is 1.95 bits per heavy atom. The largest absolute Gasteiger partial charge is 0.336 e. The maximum Gasteiger partial charge on any atom is 0.0946 e. The predicted octanol–water partition coefficient (Wildman–Crippen LogP) is 3.86. The standard InChI is InChI=1S/C17H31N3/c1-5-14-6-8-15(9-7-14)19-16(17(2,3)4)12-20-11-10-18-13-20/h10-11,13-16,19H,5-9,12H2,1-4H3. The molecule has 1 aliphatic rings. The van der Waals surface area contributed by atoms with Crippen LogP contribution >= 0.6 is 0 Å². The molecule has 0 amide bonds. The normalized spacial score (nSPS) is 25.6. The zero-order chi connectivity index (χ0) is 14.6. The number of imidazole rings is 1. The Labute approximate surface area is 124 Å². The van der Waals surface area contributed by atoms with Crippen molar-refractivity contribution in [3.8, 4) is 0 Å². The summed E-state index contributed by atoms with van der Waals surface area (Å²) in [4.78, 5) is 4.16. The topological polar surface area (TPSA) is 29.9 Å². The van der Waals surface area contributed by atoms with E-state index in [0.717, 1.165) is 12.5 Å². The van der Waals surface area contributed by atoms with Crippen LogP contribution in [0, 0.1) is 11.3 Å². The van der Waals surface area contributed by atoms with E-state index in [1.165, 1.54) is 32.1 Å². The SMILES string of the molecule is CCC1CCC(NC(Cn2ccnc2)C(C)(C)C)CC1. The van der Waals surface area contributed by atoms with Crippen molar-refractivity contribution in [3.05, 3.63) is 18.7 Å². The first kappa shape index (κ1) is 15.6. The summed E-state index contributed by atoms with van der Waals surface area (Å²) in [5.41, 5.74) is 0.270. The van der Waals surface area contributed by atoms with Gasteiger partial charge in [0.25, 0.3) is 0 Å². The third-order valence-corrected chi connectivity index (χ3v) is 4.86. The molecule has 1 aliphatic carbocycles. The number of hydrogen-bond acceptors (Lipinski definition) is 2. The molecule has 0 saturated heterocycles. The fraction of sp³-hybridized carbons (Fsp3) is 0.824. The third-order valence-electron chi connectivity index (χ3n) is 4.86. The summed E-state index contributed by atoms with van der Waals surface area (Å²) in [5, 5.41) is 3.93. The lowest BCUT2D eigenvalue weighted by molar-refractivity contribution is 0.189. The van der Waals surface area contributed by atoms with Gasteiger partial charge in [-0.15, -0.1) is 0 Å². The minimum absolute atomic E-state index is 0.270. The van der Waals surface area contributed by atoms with Crippen LogP contribution in [0.4, 0.5) is 0 Å². The zero-order valence-corrected chi connectivity index (χ0v) is 13.6. The quantitative estimate of drug-likeness (QED) is 0.886. The van der Waals surface area contributed by atoms with Gasteiger partial charge in [-0.2, -0.15) is 0 Å². The molecule has 3 heteroatoms. The lowest BCUT2D eigenvalue weighted by Gasteiger charge is -2.38. The van der Waals surface area contributed by atoms with Crippen molar-refractivity contribution < 1.29 is 0 Å². The van der Waals surface area contributed by atoms with Gasteiger partial charge in [-0.05, 0) is 37.0 Å². The fourth-order valence-electron chi connectivity index (χ4n) is 3.20. The molecule has 1 aromatic rings. The molecular weight excluding hydrogens is 246 g/mol. The number of hydrogen-bond donors (Lipinski definition) is 1. The smallest absolute Gasteiger partial charge is 0.0946 e. The zero-order valence-electron chi connectivity index (χ0n) is 13.6. The van der Waals surface area contributed by atoms with Crippen LogP contribution in [0.5, 0.6) is 0 Å². The monoisotopic (exact) mass is 277 g/mol. The second-order valence-corrected chi connectivity index (χ2v) is 7.47. The molecule has 0 radical (unpaired) electrons. The summed E-state index contributed by atoms with van der Waals surface area (Å²) in [5.74, 6) is 0.967. The highest BCUT2D eigenvalue weighted by molar-refractivity contribution is 4.88. The number of aromatic nitrogens is 2. The van der Waals surface area contributed by atoms with Crippen molar-refractivity contribution in [2.24, 2.45) is 11.3 Å². The third kappa shape index (κ3) is 4.34.